The Morgan fingerprint density at radius 3 is 2.85 bits per heavy atom. The van der Waals surface area contributed by atoms with Crippen molar-refractivity contribution in [3.63, 3.8) is 0 Å². The van der Waals surface area contributed by atoms with Gasteiger partial charge < -0.3 is 11.1 Å². The van der Waals surface area contributed by atoms with Crippen LogP contribution in [0.15, 0.2) is 22.7 Å². The van der Waals surface area contributed by atoms with E-state index in [1.807, 2.05) is 6.92 Å². The van der Waals surface area contributed by atoms with Gasteiger partial charge in [-0.15, -0.1) is 0 Å². The van der Waals surface area contributed by atoms with E-state index in [1.165, 1.54) is 12.1 Å². The third-order valence-corrected chi connectivity index (χ3v) is 2.34. The molecule has 0 aliphatic rings. The fraction of sp³-hybridized carbons (Fsp3) is 0.333. The van der Waals surface area contributed by atoms with Crippen molar-refractivity contribution in [2.24, 2.45) is 5.73 Å². The van der Waals surface area contributed by atoms with E-state index in [4.69, 9.17) is 5.73 Å². The Labute approximate surface area is 85.4 Å². The molecule has 0 saturated heterocycles. The van der Waals surface area contributed by atoms with Crippen molar-refractivity contribution in [3.05, 3.63) is 28.5 Å². The van der Waals surface area contributed by atoms with Crippen LogP contribution in [0.3, 0.4) is 0 Å². The van der Waals surface area contributed by atoms with Gasteiger partial charge in [-0.25, -0.2) is 4.39 Å². The van der Waals surface area contributed by atoms with Crippen LogP contribution in [0.25, 0.3) is 0 Å². The summed E-state index contributed by atoms with van der Waals surface area (Å²) in [5, 5.41) is 3.15. The van der Waals surface area contributed by atoms with E-state index in [-0.39, 0.29) is 11.9 Å². The maximum atomic E-state index is 12.7. The molecule has 0 aliphatic carbocycles. The Kier molecular flexibility index (Phi) is 3.69. The third-order valence-electron chi connectivity index (χ3n) is 1.69. The van der Waals surface area contributed by atoms with Crippen molar-refractivity contribution in [2.75, 3.05) is 11.9 Å². The van der Waals surface area contributed by atoms with Gasteiger partial charge >= 0.3 is 0 Å². The number of hydrogen-bond acceptors (Lipinski definition) is 2. The number of nitrogens with one attached hydrogen (secondary N) is 1. The van der Waals surface area contributed by atoms with E-state index in [1.54, 1.807) is 6.07 Å². The van der Waals surface area contributed by atoms with Gasteiger partial charge in [0.05, 0.1) is 0 Å². The molecule has 0 saturated carbocycles. The Balaban J connectivity index is 2.77. The van der Waals surface area contributed by atoms with Crippen molar-refractivity contribution < 1.29 is 4.39 Å². The van der Waals surface area contributed by atoms with Gasteiger partial charge in [-0.1, -0.05) is 0 Å². The van der Waals surface area contributed by atoms with Gasteiger partial charge in [-0.3, -0.25) is 0 Å². The highest BCUT2D eigenvalue weighted by Crippen LogP contribution is 2.23. The normalized spacial score (nSPS) is 12.6. The molecule has 1 rings (SSSR count). The minimum absolute atomic E-state index is 0.182. The molecule has 0 aromatic heterocycles. The number of anilines is 1. The fourth-order valence-corrected chi connectivity index (χ4v) is 1.40. The van der Waals surface area contributed by atoms with Crippen LogP contribution in [-0.2, 0) is 0 Å². The highest BCUT2D eigenvalue weighted by atomic mass is 79.9. The van der Waals surface area contributed by atoms with E-state index in [9.17, 15) is 4.39 Å². The lowest BCUT2D eigenvalue weighted by molar-refractivity contribution is 0.627. The molecule has 0 fully saturated rings. The lowest BCUT2D eigenvalue weighted by Gasteiger charge is -2.14. The molecule has 2 nitrogen and oxygen atoms in total. The monoisotopic (exact) mass is 246 g/mol. The number of nitrogens with two attached hydrogens (primary N) is 1. The molecule has 72 valence electrons. The van der Waals surface area contributed by atoms with Crippen LogP contribution in [0.1, 0.15) is 6.92 Å². The van der Waals surface area contributed by atoms with E-state index in [0.29, 0.717) is 11.0 Å². The Bertz CT molecular complexity index is 291. The number of hydrogen-bond donors (Lipinski definition) is 2. The van der Waals surface area contributed by atoms with Crippen LogP contribution >= 0.6 is 15.9 Å². The Morgan fingerprint density at radius 1 is 1.62 bits per heavy atom. The zero-order valence-corrected chi connectivity index (χ0v) is 8.94. The molecular weight excluding hydrogens is 235 g/mol. The standard InChI is InChI=1S/C9H12BrFN2/c1-6(5-12)13-9-3-2-7(11)4-8(9)10/h2-4,6,13H,5,12H2,1H3. The smallest absolute Gasteiger partial charge is 0.124 e. The highest BCUT2D eigenvalue weighted by molar-refractivity contribution is 9.10. The number of rotatable bonds is 3. The maximum absolute atomic E-state index is 12.7. The summed E-state index contributed by atoms with van der Waals surface area (Å²) in [5.41, 5.74) is 6.31. The molecular formula is C9H12BrFN2. The first-order valence-electron chi connectivity index (χ1n) is 4.05. The van der Waals surface area contributed by atoms with E-state index >= 15 is 0 Å². The second-order valence-corrected chi connectivity index (χ2v) is 3.76. The molecule has 1 aromatic rings. The summed E-state index contributed by atoms with van der Waals surface area (Å²) in [7, 11) is 0. The van der Waals surface area contributed by atoms with E-state index in [0.717, 1.165) is 5.69 Å². The topological polar surface area (TPSA) is 38.0 Å². The SMILES string of the molecule is CC(CN)Nc1ccc(F)cc1Br. The third kappa shape index (κ3) is 2.97. The summed E-state index contributed by atoms with van der Waals surface area (Å²) in [4.78, 5) is 0. The van der Waals surface area contributed by atoms with Gasteiger partial charge in [0, 0.05) is 22.7 Å². The van der Waals surface area contributed by atoms with Crippen LogP contribution in [0, 0.1) is 5.82 Å². The summed E-state index contributed by atoms with van der Waals surface area (Å²) in [6, 6.07) is 4.70. The number of benzene rings is 1. The fourth-order valence-electron chi connectivity index (χ4n) is 0.931. The summed E-state index contributed by atoms with van der Waals surface area (Å²) in [6.07, 6.45) is 0. The minimum Gasteiger partial charge on any atom is -0.380 e. The Hall–Kier alpha value is -0.610. The predicted molar refractivity (Wildman–Crippen MR) is 56.2 cm³/mol. The molecule has 3 N–H and O–H groups in total. The molecule has 4 heteroatoms. The van der Waals surface area contributed by atoms with Crippen LogP contribution in [-0.4, -0.2) is 12.6 Å². The molecule has 1 unspecified atom stereocenters. The second-order valence-electron chi connectivity index (χ2n) is 2.91. The molecule has 0 amide bonds. The first-order valence-corrected chi connectivity index (χ1v) is 4.84. The van der Waals surface area contributed by atoms with Crippen molar-refractivity contribution in [1.82, 2.24) is 0 Å². The van der Waals surface area contributed by atoms with Gasteiger partial charge in [-0.2, -0.15) is 0 Å². The van der Waals surface area contributed by atoms with Gasteiger partial charge in [-0.05, 0) is 41.1 Å². The van der Waals surface area contributed by atoms with Crippen molar-refractivity contribution in [1.29, 1.82) is 0 Å². The zero-order valence-electron chi connectivity index (χ0n) is 7.35. The van der Waals surface area contributed by atoms with Gasteiger partial charge in [0.15, 0.2) is 0 Å². The lowest BCUT2D eigenvalue weighted by atomic mass is 10.2. The molecule has 1 aromatic carbocycles. The quantitative estimate of drug-likeness (QED) is 0.860. The van der Waals surface area contributed by atoms with Crippen molar-refractivity contribution >= 4 is 21.6 Å². The molecule has 0 bridgehead atoms. The van der Waals surface area contributed by atoms with Crippen LogP contribution in [0.4, 0.5) is 10.1 Å². The average Bonchev–Trinajstić information content (AvgIpc) is 2.09. The molecule has 0 spiro atoms. The molecule has 0 aliphatic heterocycles. The molecule has 0 heterocycles. The van der Waals surface area contributed by atoms with Gasteiger partial charge in [0.25, 0.3) is 0 Å². The molecule has 13 heavy (non-hydrogen) atoms. The Morgan fingerprint density at radius 2 is 2.31 bits per heavy atom. The number of halogens is 2. The largest absolute Gasteiger partial charge is 0.380 e. The van der Waals surface area contributed by atoms with Crippen molar-refractivity contribution in [2.45, 2.75) is 13.0 Å². The summed E-state index contributed by atoms with van der Waals surface area (Å²) >= 11 is 3.26. The first-order chi connectivity index (χ1) is 6.13. The average molecular weight is 247 g/mol. The molecule has 0 radical (unpaired) electrons. The molecule has 1 atom stereocenters. The lowest BCUT2D eigenvalue weighted by Crippen LogP contribution is -2.25. The second kappa shape index (κ2) is 4.58. The van der Waals surface area contributed by atoms with Crippen LogP contribution < -0.4 is 11.1 Å². The van der Waals surface area contributed by atoms with Gasteiger partial charge in [0.2, 0.25) is 0 Å². The first kappa shape index (κ1) is 10.5. The predicted octanol–water partition coefficient (Wildman–Crippen LogP) is 2.35. The summed E-state index contributed by atoms with van der Waals surface area (Å²) < 4.78 is 13.4. The van der Waals surface area contributed by atoms with E-state index in [2.05, 4.69) is 21.2 Å². The highest BCUT2D eigenvalue weighted by Gasteiger charge is 2.03. The zero-order chi connectivity index (χ0) is 9.84. The maximum Gasteiger partial charge on any atom is 0.124 e. The van der Waals surface area contributed by atoms with Crippen LogP contribution in [0.2, 0.25) is 0 Å². The van der Waals surface area contributed by atoms with Crippen molar-refractivity contribution in [3.8, 4) is 0 Å². The summed E-state index contributed by atoms with van der Waals surface area (Å²) in [6.45, 7) is 2.51. The summed E-state index contributed by atoms with van der Waals surface area (Å²) in [5.74, 6) is -0.252. The van der Waals surface area contributed by atoms with Gasteiger partial charge in [0.1, 0.15) is 5.82 Å². The van der Waals surface area contributed by atoms with E-state index < -0.39 is 0 Å². The minimum atomic E-state index is -0.252. The van der Waals surface area contributed by atoms with Crippen LogP contribution in [0.5, 0.6) is 0 Å².